The van der Waals surface area contributed by atoms with Crippen molar-refractivity contribution in [3.05, 3.63) is 151 Å². The number of amides is 2. The largest absolute Gasteiger partial charge is 0.496 e. The van der Waals surface area contributed by atoms with E-state index in [0.717, 1.165) is 89.2 Å². The Kier molecular flexibility index (Phi) is 14.1. The van der Waals surface area contributed by atoms with Crippen LogP contribution in [0, 0.1) is 11.6 Å². The van der Waals surface area contributed by atoms with Gasteiger partial charge in [-0.1, -0.05) is 92.0 Å². The standard InChI is InChI=1S/C28H25ClF2N2O2S.C16H12ClF2NOS/c1-35-23-10-7-18(17-11-13-32-14-12-17)15-19(23)16-33(20-5-3-2-4-6-20)28(34)27-25(29)24-21(30)8-9-22(31)26(24)36-27;1-9(18)12-13(17)15(22-14(12)10(2)19)16(21)20-8-11-6-4-3-5-7-11/h7-15,20H,2-6,16H2,1H3;3-7H,1-2,8H2,(H,20,21). The number of rotatable bonds is 11. The number of pyridine rings is 1. The molecule has 3 aromatic carbocycles. The predicted molar refractivity (Wildman–Crippen MR) is 227 cm³/mol. The first-order chi connectivity index (χ1) is 27.9. The molecule has 2 amide bonds. The minimum atomic E-state index is -0.905. The van der Waals surface area contributed by atoms with Crippen LogP contribution < -0.4 is 10.1 Å². The molecular formula is C44H37Cl2F4N3O3S2. The number of ether oxygens (including phenoxy) is 1. The van der Waals surface area contributed by atoms with Crippen molar-refractivity contribution in [3.8, 4) is 16.9 Å². The average Bonchev–Trinajstić information content (AvgIpc) is 3.79. The minimum Gasteiger partial charge on any atom is -0.496 e. The fourth-order valence-electron chi connectivity index (χ4n) is 6.78. The molecule has 0 aliphatic heterocycles. The van der Waals surface area contributed by atoms with E-state index in [1.54, 1.807) is 24.4 Å². The van der Waals surface area contributed by atoms with Gasteiger partial charge in [0.05, 0.1) is 37.7 Å². The number of aromatic nitrogens is 1. The third-order valence-electron chi connectivity index (χ3n) is 9.66. The number of nitrogens with one attached hydrogen (secondary N) is 1. The van der Waals surface area contributed by atoms with E-state index >= 15 is 0 Å². The number of halogens is 6. The molecule has 14 heteroatoms. The fraction of sp³-hybridized carbons (Fsp3) is 0.205. The predicted octanol–water partition coefficient (Wildman–Crippen LogP) is 13.1. The summed E-state index contributed by atoms with van der Waals surface area (Å²) in [6, 6.07) is 21.1. The summed E-state index contributed by atoms with van der Waals surface area (Å²) in [7, 11) is 1.60. The van der Waals surface area contributed by atoms with Gasteiger partial charge in [0.1, 0.15) is 38.8 Å². The average molecular weight is 867 g/mol. The maximum Gasteiger partial charge on any atom is 0.266 e. The molecule has 0 saturated heterocycles. The molecule has 3 aromatic heterocycles. The molecule has 6 aromatic rings. The minimum absolute atomic E-state index is 0.00323. The molecule has 0 spiro atoms. The molecular weight excluding hydrogens is 830 g/mol. The van der Waals surface area contributed by atoms with Crippen molar-refractivity contribution in [2.75, 3.05) is 7.11 Å². The summed E-state index contributed by atoms with van der Waals surface area (Å²) in [5.41, 5.74) is 3.51. The van der Waals surface area contributed by atoms with Gasteiger partial charge in [0.15, 0.2) is 0 Å². The lowest BCUT2D eigenvalue weighted by atomic mass is 9.93. The number of hydrogen-bond acceptors (Lipinski definition) is 6. The Morgan fingerprint density at radius 1 is 0.845 bits per heavy atom. The van der Waals surface area contributed by atoms with E-state index in [-0.39, 0.29) is 58.8 Å². The first kappa shape index (κ1) is 42.6. The first-order valence-electron chi connectivity index (χ1n) is 18.2. The van der Waals surface area contributed by atoms with Crippen LogP contribution in [-0.2, 0) is 13.1 Å². The zero-order valence-electron chi connectivity index (χ0n) is 31.2. The van der Waals surface area contributed by atoms with Gasteiger partial charge in [0, 0.05) is 37.1 Å². The third kappa shape index (κ3) is 9.47. The van der Waals surface area contributed by atoms with Gasteiger partial charge in [-0.3, -0.25) is 14.6 Å². The Morgan fingerprint density at radius 3 is 2.16 bits per heavy atom. The van der Waals surface area contributed by atoms with Gasteiger partial charge in [-0.25, -0.2) is 17.6 Å². The fourth-order valence-corrected chi connectivity index (χ4v) is 9.73. The maximum absolute atomic E-state index is 14.5. The van der Waals surface area contributed by atoms with E-state index in [1.165, 1.54) is 0 Å². The molecule has 1 aliphatic carbocycles. The van der Waals surface area contributed by atoms with Crippen molar-refractivity contribution in [2.24, 2.45) is 0 Å². The number of thiophene rings is 2. The van der Waals surface area contributed by atoms with Crippen molar-refractivity contribution in [2.45, 2.75) is 51.2 Å². The Hall–Kier alpha value is -5.01. The van der Waals surface area contributed by atoms with E-state index in [4.69, 9.17) is 27.9 Å². The lowest BCUT2D eigenvalue weighted by Crippen LogP contribution is -2.40. The van der Waals surface area contributed by atoms with Gasteiger partial charge in [0.25, 0.3) is 11.8 Å². The molecule has 0 unspecified atom stereocenters. The highest BCUT2D eigenvalue weighted by molar-refractivity contribution is 7.21. The zero-order chi connectivity index (χ0) is 41.5. The molecule has 1 fully saturated rings. The van der Waals surface area contributed by atoms with Gasteiger partial charge in [-0.15, -0.1) is 22.7 Å². The van der Waals surface area contributed by atoms with Gasteiger partial charge in [-0.05, 0) is 65.9 Å². The molecule has 6 nitrogen and oxygen atoms in total. The Balaban J connectivity index is 0.000000221. The zero-order valence-corrected chi connectivity index (χ0v) is 34.4. The number of methoxy groups -OCH3 is 1. The summed E-state index contributed by atoms with van der Waals surface area (Å²) in [6.45, 7) is 6.81. The van der Waals surface area contributed by atoms with Crippen LogP contribution in [0.1, 0.15) is 73.0 Å². The van der Waals surface area contributed by atoms with Gasteiger partial charge >= 0.3 is 0 Å². The number of benzene rings is 3. The molecule has 0 atom stereocenters. The summed E-state index contributed by atoms with van der Waals surface area (Å²) in [5, 5.41) is 2.43. The van der Waals surface area contributed by atoms with E-state index < -0.39 is 29.2 Å². The second-order valence-electron chi connectivity index (χ2n) is 13.4. The van der Waals surface area contributed by atoms with E-state index in [9.17, 15) is 27.2 Å². The number of carbonyl (C=O) groups is 2. The molecule has 58 heavy (non-hydrogen) atoms. The second-order valence-corrected chi connectivity index (χ2v) is 16.2. The highest BCUT2D eigenvalue weighted by atomic mass is 35.5. The number of carbonyl (C=O) groups excluding carboxylic acids is 2. The number of nitrogens with zero attached hydrogens (tertiary/aromatic N) is 2. The number of hydrogen-bond donors (Lipinski definition) is 1. The summed E-state index contributed by atoms with van der Waals surface area (Å²) < 4.78 is 61.5. The maximum atomic E-state index is 14.5. The molecule has 0 bridgehead atoms. The molecule has 1 N–H and O–H groups in total. The molecule has 1 aliphatic rings. The highest BCUT2D eigenvalue weighted by Gasteiger charge is 2.32. The van der Waals surface area contributed by atoms with Crippen LogP contribution in [0.4, 0.5) is 17.6 Å². The van der Waals surface area contributed by atoms with Crippen molar-refractivity contribution in [1.29, 1.82) is 0 Å². The number of fused-ring (bicyclic) bond motifs is 1. The highest BCUT2D eigenvalue weighted by Crippen LogP contribution is 2.42. The van der Waals surface area contributed by atoms with Gasteiger partial charge < -0.3 is 15.0 Å². The lowest BCUT2D eigenvalue weighted by Gasteiger charge is -2.34. The van der Waals surface area contributed by atoms with E-state index in [1.807, 2.05) is 60.7 Å². The van der Waals surface area contributed by atoms with E-state index in [0.29, 0.717) is 12.3 Å². The van der Waals surface area contributed by atoms with Crippen molar-refractivity contribution in [1.82, 2.24) is 15.2 Å². The van der Waals surface area contributed by atoms with Crippen molar-refractivity contribution >= 4 is 79.4 Å². The van der Waals surface area contributed by atoms with Crippen LogP contribution in [0.3, 0.4) is 0 Å². The van der Waals surface area contributed by atoms with Crippen LogP contribution in [0.25, 0.3) is 32.9 Å². The molecule has 300 valence electrons. The van der Waals surface area contributed by atoms with Crippen LogP contribution >= 0.6 is 45.9 Å². The molecule has 1 saturated carbocycles. The topological polar surface area (TPSA) is 71.5 Å². The van der Waals surface area contributed by atoms with Gasteiger partial charge in [0.2, 0.25) is 0 Å². The Bertz CT molecular complexity index is 2470. The van der Waals surface area contributed by atoms with Crippen LogP contribution in [0.2, 0.25) is 10.0 Å². The molecule has 3 heterocycles. The lowest BCUT2D eigenvalue weighted by molar-refractivity contribution is 0.0617. The van der Waals surface area contributed by atoms with Crippen LogP contribution in [0.15, 0.2) is 98.3 Å². The van der Waals surface area contributed by atoms with Crippen LogP contribution in [-0.4, -0.2) is 34.8 Å². The second kappa shape index (κ2) is 19.2. The van der Waals surface area contributed by atoms with Gasteiger partial charge in [-0.2, -0.15) is 0 Å². The summed E-state index contributed by atoms with van der Waals surface area (Å²) >= 11 is 14.1. The Morgan fingerprint density at radius 2 is 1.53 bits per heavy atom. The first-order valence-corrected chi connectivity index (χ1v) is 20.6. The summed E-state index contributed by atoms with van der Waals surface area (Å²) in [4.78, 5) is 32.1. The van der Waals surface area contributed by atoms with Crippen LogP contribution in [0.5, 0.6) is 5.75 Å². The summed E-state index contributed by atoms with van der Waals surface area (Å²) in [5.74, 6) is -3.14. The van der Waals surface area contributed by atoms with E-state index in [2.05, 4.69) is 23.5 Å². The Labute approximate surface area is 351 Å². The monoisotopic (exact) mass is 865 g/mol. The van der Waals surface area contributed by atoms with Crippen molar-refractivity contribution in [3.63, 3.8) is 0 Å². The SMILES string of the molecule is C=C(F)c1sc(C(=O)NCc2ccccc2)c(Cl)c1C(=C)F.COc1ccc(-c2ccncc2)cc1CN(C(=O)c1sc2c(F)ccc(F)c2c1Cl)C1CCCCC1. The molecule has 7 rings (SSSR count). The normalized spacial score (nSPS) is 12.7. The molecule has 0 radical (unpaired) electrons. The summed E-state index contributed by atoms with van der Waals surface area (Å²) in [6.07, 6.45) is 8.36. The third-order valence-corrected chi connectivity index (χ3v) is 13.0. The van der Waals surface area contributed by atoms with Crippen molar-refractivity contribution < 1.29 is 31.9 Å². The quantitative estimate of drug-likeness (QED) is 0.132. The smallest absolute Gasteiger partial charge is 0.266 e.